The Hall–Kier alpha value is -5.27. The lowest BCUT2D eigenvalue weighted by Crippen LogP contribution is -2.31. The molecular formula is C31H29F5N4O5. The van der Waals surface area contributed by atoms with Crippen LogP contribution in [0.15, 0.2) is 79.1 Å². The van der Waals surface area contributed by atoms with E-state index in [9.17, 15) is 26.7 Å². The molecule has 45 heavy (non-hydrogen) atoms. The molecule has 0 aliphatic carbocycles. The lowest BCUT2D eigenvalue weighted by Gasteiger charge is -2.24. The van der Waals surface area contributed by atoms with Crippen LogP contribution in [-0.4, -0.2) is 33.4 Å². The Bertz CT molecular complexity index is 1630. The van der Waals surface area contributed by atoms with Gasteiger partial charge in [0.25, 0.3) is 5.91 Å². The number of halogens is 5. The average molecular weight is 633 g/mol. The van der Waals surface area contributed by atoms with Gasteiger partial charge in [0.15, 0.2) is 11.6 Å². The molecule has 0 unspecified atom stereocenters. The molecule has 9 nitrogen and oxygen atoms in total. The van der Waals surface area contributed by atoms with Gasteiger partial charge in [0.1, 0.15) is 18.1 Å². The number of ether oxygens (including phenoxy) is 2. The predicted molar refractivity (Wildman–Crippen MR) is 153 cm³/mol. The number of nitrogens with one attached hydrogen (secondary N) is 1. The molecule has 2 aromatic heterocycles. The number of hydrogen-bond acceptors (Lipinski definition) is 6. The minimum absolute atomic E-state index is 0.0604. The first-order valence-corrected chi connectivity index (χ1v) is 13.2. The van der Waals surface area contributed by atoms with Crippen LogP contribution in [0.1, 0.15) is 59.6 Å². The highest BCUT2D eigenvalue weighted by Crippen LogP contribution is 2.33. The molecule has 0 saturated heterocycles. The highest BCUT2D eigenvalue weighted by molar-refractivity contribution is 5.94. The lowest BCUT2D eigenvalue weighted by atomic mass is 9.87. The van der Waals surface area contributed by atoms with Crippen LogP contribution in [0.3, 0.4) is 0 Å². The highest BCUT2D eigenvalue weighted by atomic mass is 19.4. The maximum absolute atomic E-state index is 14.8. The monoisotopic (exact) mass is 632 g/mol. The molecule has 4 aromatic rings. The van der Waals surface area contributed by atoms with Gasteiger partial charge in [0.2, 0.25) is 5.88 Å². The standard InChI is InChI=1S/C30H26F5N3O3.CH3NO2/c1-29(2,3)21-14-20(16-37-28(21)40-17-18-8-5-4-6-9-18)27(39)38-25(26-22(31)10-7-13-36-26)19-11-12-24(23(32)15-19)41-30(33,34)35;2-1(3)4/h4-16,25H,17H2,1-3H3,(H,38,39);2H2,(H,3,4)/t25-;/m0./s1. The molecule has 0 saturated carbocycles. The normalized spacial score (nSPS) is 11.9. The van der Waals surface area contributed by atoms with Crippen LogP contribution in [0.5, 0.6) is 11.6 Å². The number of aromatic nitrogens is 2. The number of nitrogens with two attached hydrogens (primary N) is 1. The first-order valence-electron chi connectivity index (χ1n) is 13.2. The third-order valence-corrected chi connectivity index (χ3v) is 5.99. The zero-order valence-corrected chi connectivity index (χ0v) is 24.2. The van der Waals surface area contributed by atoms with Crippen molar-refractivity contribution in [3.05, 3.63) is 119 Å². The molecule has 2 heterocycles. The van der Waals surface area contributed by atoms with Gasteiger partial charge in [-0.3, -0.25) is 9.78 Å². The first kappa shape index (κ1) is 34.2. The summed E-state index contributed by atoms with van der Waals surface area (Å²) in [6.07, 6.45) is -3.89. The molecule has 2 aromatic carbocycles. The van der Waals surface area contributed by atoms with Gasteiger partial charge in [-0.25, -0.2) is 18.6 Å². The van der Waals surface area contributed by atoms with E-state index < -0.39 is 47.2 Å². The van der Waals surface area contributed by atoms with Crippen molar-refractivity contribution < 1.29 is 46.1 Å². The summed E-state index contributed by atoms with van der Waals surface area (Å²) in [7, 11) is 0. The highest BCUT2D eigenvalue weighted by Gasteiger charge is 2.33. The average Bonchev–Trinajstić information content (AvgIpc) is 2.95. The maximum atomic E-state index is 14.8. The van der Waals surface area contributed by atoms with Crippen LogP contribution < -0.4 is 20.5 Å². The fraction of sp³-hybridized carbons (Fsp3) is 0.226. The fourth-order valence-electron chi connectivity index (χ4n) is 3.99. The topological polar surface area (TPSA) is 137 Å². The molecule has 0 radical (unpaired) electrons. The molecule has 0 fully saturated rings. The minimum atomic E-state index is -5.11. The lowest BCUT2D eigenvalue weighted by molar-refractivity contribution is -0.275. The van der Waals surface area contributed by atoms with E-state index in [4.69, 9.17) is 14.6 Å². The number of benzene rings is 2. The second kappa shape index (κ2) is 14.5. The second-order valence-corrected chi connectivity index (χ2v) is 10.5. The summed E-state index contributed by atoms with van der Waals surface area (Å²) in [6.45, 7) is 6.00. The van der Waals surface area contributed by atoms with Crippen LogP contribution in [0.2, 0.25) is 0 Å². The van der Waals surface area contributed by atoms with Crippen molar-refractivity contribution in [1.29, 1.82) is 0 Å². The Morgan fingerprint density at radius 3 is 2.20 bits per heavy atom. The summed E-state index contributed by atoms with van der Waals surface area (Å²) in [6, 6.07) is 14.7. The summed E-state index contributed by atoms with van der Waals surface area (Å²) in [4.78, 5) is 30.5. The van der Waals surface area contributed by atoms with Crippen LogP contribution in [0.4, 0.5) is 26.7 Å². The van der Waals surface area contributed by atoms with Crippen LogP contribution in [0, 0.1) is 11.6 Å². The van der Waals surface area contributed by atoms with Crippen molar-refractivity contribution in [3.63, 3.8) is 0 Å². The Morgan fingerprint density at radius 2 is 1.62 bits per heavy atom. The van der Waals surface area contributed by atoms with Gasteiger partial charge in [-0.15, -0.1) is 13.2 Å². The van der Waals surface area contributed by atoms with E-state index in [0.29, 0.717) is 11.4 Å². The van der Waals surface area contributed by atoms with Gasteiger partial charge in [0, 0.05) is 18.0 Å². The van der Waals surface area contributed by atoms with Gasteiger partial charge in [-0.2, -0.15) is 0 Å². The van der Waals surface area contributed by atoms with Crippen molar-refractivity contribution in [2.75, 3.05) is 0 Å². The van der Waals surface area contributed by atoms with E-state index in [1.165, 1.54) is 18.5 Å². The van der Waals surface area contributed by atoms with Gasteiger partial charge < -0.3 is 25.6 Å². The molecule has 1 atom stereocenters. The van der Waals surface area contributed by atoms with E-state index >= 15 is 0 Å². The number of nitrogens with zero attached hydrogens (tertiary/aromatic N) is 2. The van der Waals surface area contributed by atoms with E-state index in [1.807, 2.05) is 51.1 Å². The number of pyridine rings is 2. The van der Waals surface area contributed by atoms with E-state index in [0.717, 1.165) is 29.8 Å². The molecule has 0 aliphatic heterocycles. The maximum Gasteiger partial charge on any atom is 0.573 e. The van der Waals surface area contributed by atoms with Crippen LogP contribution in [0.25, 0.3) is 0 Å². The zero-order valence-electron chi connectivity index (χ0n) is 24.2. The Balaban J connectivity index is 0.00000130. The van der Waals surface area contributed by atoms with Gasteiger partial charge in [-0.05, 0) is 46.9 Å². The zero-order chi connectivity index (χ0) is 33.4. The van der Waals surface area contributed by atoms with Crippen molar-refractivity contribution in [3.8, 4) is 11.6 Å². The third-order valence-electron chi connectivity index (χ3n) is 5.99. The minimum Gasteiger partial charge on any atom is -0.473 e. The summed E-state index contributed by atoms with van der Waals surface area (Å²) in [5.74, 6) is -3.62. The number of hydrogen-bond donors (Lipinski definition) is 3. The Kier molecular flexibility index (Phi) is 11.0. The smallest absolute Gasteiger partial charge is 0.473 e. The molecule has 4 N–H and O–H groups in total. The summed E-state index contributed by atoms with van der Waals surface area (Å²) in [5.41, 5.74) is 4.86. The fourth-order valence-corrected chi connectivity index (χ4v) is 3.99. The number of rotatable bonds is 8. The van der Waals surface area contributed by atoms with E-state index in [1.54, 1.807) is 6.07 Å². The SMILES string of the molecule is CC(C)(C)c1cc(C(=O)N[C@@H](c2ccc(OC(F)(F)F)c(F)c2)c2ncccc2F)cnc1OCc1ccccc1.NC(=O)O. The first-order chi connectivity index (χ1) is 21.0. The summed E-state index contributed by atoms with van der Waals surface area (Å²) in [5, 5.41) is 9.80. The predicted octanol–water partition coefficient (Wildman–Crippen LogP) is 6.67. The van der Waals surface area contributed by atoms with Crippen molar-refractivity contribution in [2.45, 2.75) is 45.2 Å². The molecule has 238 valence electrons. The Morgan fingerprint density at radius 1 is 0.956 bits per heavy atom. The number of primary amides is 1. The number of carboxylic acid groups (broad SMARTS) is 1. The Labute approximate surface area is 254 Å². The quantitative estimate of drug-likeness (QED) is 0.185. The number of alkyl halides is 3. The van der Waals surface area contributed by atoms with Gasteiger partial charge in [-0.1, -0.05) is 57.2 Å². The molecule has 0 bridgehead atoms. The molecular weight excluding hydrogens is 603 g/mol. The molecule has 0 aliphatic rings. The molecule has 4 rings (SSSR count). The molecule has 0 spiro atoms. The molecule has 14 heteroatoms. The summed E-state index contributed by atoms with van der Waals surface area (Å²) >= 11 is 0. The van der Waals surface area contributed by atoms with Crippen LogP contribution >= 0.6 is 0 Å². The number of carbonyl (C=O) groups is 2. The number of amides is 2. The van der Waals surface area contributed by atoms with Crippen LogP contribution in [-0.2, 0) is 12.0 Å². The number of carbonyl (C=O) groups excluding carboxylic acids is 1. The van der Waals surface area contributed by atoms with Crippen molar-refractivity contribution in [2.24, 2.45) is 5.73 Å². The van der Waals surface area contributed by atoms with Crippen molar-refractivity contribution >= 4 is 12.0 Å². The van der Waals surface area contributed by atoms with Gasteiger partial charge >= 0.3 is 12.5 Å². The largest absolute Gasteiger partial charge is 0.573 e. The van der Waals surface area contributed by atoms with Crippen molar-refractivity contribution in [1.82, 2.24) is 15.3 Å². The van der Waals surface area contributed by atoms with Gasteiger partial charge in [0.05, 0.1) is 11.6 Å². The van der Waals surface area contributed by atoms with E-state index in [2.05, 4.69) is 25.8 Å². The third kappa shape index (κ3) is 10.2. The molecule has 2 amide bonds. The summed E-state index contributed by atoms with van der Waals surface area (Å²) < 4.78 is 76.8. The van der Waals surface area contributed by atoms with E-state index in [-0.39, 0.29) is 23.4 Å². The second-order valence-electron chi connectivity index (χ2n) is 10.5.